The van der Waals surface area contributed by atoms with Gasteiger partial charge < -0.3 is 15.4 Å². The summed E-state index contributed by atoms with van der Waals surface area (Å²) in [6.07, 6.45) is 3.47. The number of nitrogens with zero attached hydrogens (tertiary/aromatic N) is 1. The lowest BCUT2D eigenvalue weighted by Crippen LogP contribution is -2.28. The van der Waals surface area contributed by atoms with Crippen molar-refractivity contribution in [2.45, 2.75) is 6.54 Å². The molecule has 0 atom stereocenters. The number of ether oxygens (including phenoxy) is 1. The van der Waals surface area contributed by atoms with Crippen LogP contribution in [0.2, 0.25) is 0 Å². The second kappa shape index (κ2) is 8.01. The van der Waals surface area contributed by atoms with Gasteiger partial charge in [0.15, 0.2) is 5.11 Å². The molecule has 0 fully saturated rings. The van der Waals surface area contributed by atoms with Crippen molar-refractivity contribution in [3.8, 4) is 5.75 Å². The van der Waals surface area contributed by atoms with E-state index < -0.39 is 0 Å². The topological polar surface area (TPSA) is 46.2 Å². The van der Waals surface area contributed by atoms with E-state index in [1.807, 2.05) is 42.5 Å². The van der Waals surface area contributed by atoms with Gasteiger partial charge in [-0.2, -0.15) is 0 Å². The monoisotopic (exact) mass is 299 g/mol. The minimum Gasteiger partial charge on any atom is -0.490 e. The quantitative estimate of drug-likeness (QED) is 0.634. The Morgan fingerprint density at radius 1 is 1.24 bits per heavy atom. The molecule has 0 saturated carbocycles. The maximum absolute atomic E-state index is 5.42. The van der Waals surface area contributed by atoms with Crippen molar-refractivity contribution in [2.75, 3.05) is 11.9 Å². The van der Waals surface area contributed by atoms with Gasteiger partial charge in [-0.05, 0) is 48.6 Å². The molecule has 1 heterocycles. The molecule has 4 nitrogen and oxygen atoms in total. The fourth-order valence-corrected chi connectivity index (χ4v) is 1.83. The van der Waals surface area contributed by atoms with Crippen molar-refractivity contribution < 1.29 is 4.74 Å². The number of thiocarbonyl (C=S) groups is 1. The summed E-state index contributed by atoms with van der Waals surface area (Å²) in [7, 11) is 0. The van der Waals surface area contributed by atoms with Crippen LogP contribution in [-0.4, -0.2) is 16.7 Å². The second-order valence-corrected chi connectivity index (χ2v) is 4.66. The van der Waals surface area contributed by atoms with Gasteiger partial charge in [0.25, 0.3) is 0 Å². The van der Waals surface area contributed by atoms with E-state index in [-0.39, 0.29) is 0 Å². The van der Waals surface area contributed by atoms with Gasteiger partial charge in [0.1, 0.15) is 12.4 Å². The average molecular weight is 299 g/mol. The first-order valence-corrected chi connectivity index (χ1v) is 6.97. The Balaban J connectivity index is 1.80. The molecule has 0 unspecified atom stereocenters. The van der Waals surface area contributed by atoms with Gasteiger partial charge in [-0.15, -0.1) is 0 Å². The predicted octanol–water partition coefficient (Wildman–Crippen LogP) is 3.13. The van der Waals surface area contributed by atoms with Crippen molar-refractivity contribution in [1.82, 2.24) is 10.3 Å². The van der Waals surface area contributed by atoms with Gasteiger partial charge in [-0.25, -0.2) is 0 Å². The van der Waals surface area contributed by atoms with Crippen LogP contribution < -0.4 is 15.4 Å². The first kappa shape index (κ1) is 15.0. The van der Waals surface area contributed by atoms with Crippen molar-refractivity contribution >= 4 is 23.0 Å². The number of rotatable bonds is 6. The fraction of sp³-hybridized carbons (Fsp3) is 0.125. The van der Waals surface area contributed by atoms with Crippen LogP contribution in [0.1, 0.15) is 5.69 Å². The molecular formula is C16H17N3OS. The molecule has 0 aliphatic rings. The van der Waals surface area contributed by atoms with Crippen LogP contribution in [0.25, 0.3) is 0 Å². The van der Waals surface area contributed by atoms with Crippen molar-refractivity contribution in [3.05, 3.63) is 67.0 Å². The number of hydrogen-bond donors (Lipinski definition) is 2. The molecule has 0 saturated heterocycles. The molecule has 1 aromatic carbocycles. The summed E-state index contributed by atoms with van der Waals surface area (Å²) in [5.74, 6) is 0.799. The zero-order valence-corrected chi connectivity index (χ0v) is 12.4. The summed E-state index contributed by atoms with van der Waals surface area (Å²) in [4.78, 5) is 4.22. The molecule has 0 aliphatic carbocycles. The van der Waals surface area contributed by atoms with Gasteiger partial charge in [-0.1, -0.05) is 18.7 Å². The van der Waals surface area contributed by atoms with E-state index in [9.17, 15) is 0 Å². The molecule has 0 spiro atoms. The van der Waals surface area contributed by atoms with E-state index in [4.69, 9.17) is 17.0 Å². The predicted molar refractivity (Wildman–Crippen MR) is 89.4 cm³/mol. The van der Waals surface area contributed by atoms with E-state index >= 15 is 0 Å². The maximum atomic E-state index is 5.42. The number of hydrogen-bond acceptors (Lipinski definition) is 3. The maximum Gasteiger partial charge on any atom is 0.171 e. The third-order valence-electron chi connectivity index (χ3n) is 2.64. The molecule has 21 heavy (non-hydrogen) atoms. The standard InChI is InChI=1S/C16H17N3OS/c1-2-11-20-15-8-6-13(7-9-15)19-16(21)18-12-14-5-3-4-10-17-14/h2-10H,1,11-12H2,(H2,18,19,21). The van der Waals surface area contributed by atoms with E-state index in [1.165, 1.54) is 0 Å². The van der Waals surface area contributed by atoms with Crippen molar-refractivity contribution in [3.63, 3.8) is 0 Å². The number of aromatic nitrogens is 1. The van der Waals surface area contributed by atoms with Crippen molar-refractivity contribution in [2.24, 2.45) is 0 Å². The molecule has 0 aliphatic heterocycles. The molecular weight excluding hydrogens is 282 g/mol. The van der Waals surface area contributed by atoms with Crippen LogP contribution >= 0.6 is 12.2 Å². The highest BCUT2D eigenvalue weighted by Crippen LogP contribution is 2.15. The summed E-state index contributed by atoms with van der Waals surface area (Å²) in [5.41, 5.74) is 1.84. The smallest absolute Gasteiger partial charge is 0.171 e. The summed E-state index contributed by atoms with van der Waals surface area (Å²) in [5, 5.41) is 6.78. The summed E-state index contributed by atoms with van der Waals surface area (Å²) in [6.45, 7) is 4.70. The minimum atomic E-state index is 0.497. The third kappa shape index (κ3) is 5.24. The Labute approximate surface area is 129 Å². The lowest BCUT2D eigenvalue weighted by Gasteiger charge is -2.11. The Kier molecular flexibility index (Phi) is 5.72. The molecule has 2 rings (SSSR count). The molecule has 0 amide bonds. The van der Waals surface area contributed by atoms with Crippen LogP contribution in [0.3, 0.4) is 0 Å². The minimum absolute atomic E-state index is 0.497. The molecule has 1 aromatic heterocycles. The van der Waals surface area contributed by atoms with E-state index in [1.54, 1.807) is 12.3 Å². The zero-order valence-electron chi connectivity index (χ0n) is 11.6. The molecule has 2 aromatic rings. The van der Waals surface area contributed by atoms with Gasteiger partial charge in [0, 0.05) is 11.9 Å². The SMILES string of the molecule is C=CCOc1ccc(NC(=S)NCc2ccccn2)cc1. The largest absolute Gasteiger partial charge is 0.490 e. The van der Waals surface area contributed by atoms with Crippen LogP contribution in [0.4, 0.5) is 5.69 Å². The number of pyridine rings is 1. The molecule has 0 bridgehead atoms. The number of benzene rings is 1. The lowest BCUT2D eigenvalue weighted by molar-refractivity contribution is 0.363. The van der Waals surface area contributed by atoms with E-state index in [0.29, 0.717) is 18.3 Å². The third-order valence-corrected chi connectivity index (χ3v) is 2.88. The Bertz CT molecular complexity index is 584. The highest BCUT2D eigenvalue weighted by atomic mass is 32.1. The summed E-state index contributed by atoms with van der Waals surface area (Å²) in [6, 6.07) is 13.4. The van der Waals surface area contributed by atoms with Crippen LogP contribution in [0.15, 0.2) is 61.3 Å². The Morgan fingerprint density at radius 2 is 2.05 bits per heavy atom. The van der Waals surface area contributed by atoms with Gasteiger partial charge in [0.2, 0.25) is 0 Å². The summed E-state index contributed by atoms with van der Waals surface area (Å²) >= 11 is 5.24. The first-order valence-electron chi connectivity index (χ1n) is 6.56. The van der Waals surface area contributed by atoms with Gasteiger partial charge >= 0.3 is 0 Å². The van der Waals surface area contributed by atoms with E-state index in [2.05, 4.69) is 22.2 Å². The van der Waals surface area contributed by atoms with Crippen LogP contribution in [-0.2, 0) is 6.54 Å². The van der Waals surface area contributed by atoms with Crippen LogP contribution in [0.5, 0.6) is 5.75 Å². The first-order chi connectivity index (χ1) is 10.3. The summed E-state index contributed by atoms with van der Waals surface area (Å²) < 4.78 is 5.42. The molecule has 5 heteroatoms. The Morgan fingerprint density at radius 3 is 2.71 bits per heavy atom. The molecule has 2 N–H and O–H groups in total. The zero-order chi connectivity index (χ0) is 14.9. The fourth-order valence-electron chi connectivity index (χ4n) is 1.64. The lowest BCUT2D eigenvalue weighted by atomic mass is 10.3. The highest BCUT2D eigenvalue weighted by molar-refractivity contribution is 7.80. The normalized spacial score (nSPS) is 9.71. The number of anilines is 1. The average Bonchev–Trinajstić information content (AvgIpc) is 2.53. The Hall–Kier alpha value is -2.40. The number of nitrogens with one attached hydrogen (secondary N) is 2. The van der Waals surface area contributed by atoms with Crippen LogP contribution in [0, 0.1) is 0 Å². The molecule has 108 valence electrons. The van der Waals surface area contributed by atoms with Crippen molar-refractivity contribution in [1.29, 1.82) is 0 Å². The van der Waals surface area contributed by atoms with Gasteiger partial charge in [-0.3, -0.25) is 4.98 Å². The molecule has 0 radical (unpaired) electrons. The highest BCUT2D eigenvalue weighted by Gasteiger charge is 1.99. The van der Waals surface area contributed by atoms with Gasteiger partial charge in [0.05, 0.1) is 12.2 Å². The second-order valence-electron chi connectivity index (χ2n) is 4.25. The van der Waals surface area contributed by atoms with E-state index in [0.717, 1.165) is 17.1 Å².